The van der Waals surface area contributed by atoms with Crippen molar-refractivity contribution in [1.82, 2.24) is 9.44 Å². The van der Waals surface area contributed by atoms with Crippen LogP contribution in [-0.4, -0.2) is 56.2 Å². The highest BCUT2D eigenvalue weighted by molar-refractivity contribution is 7.87. The summed E-state index contributed by atoms with van der Waals surface area (Å²) in [6, 6.07) is 0. The first-order valence-corrected chi connectivity index (χ1v) is 18.0. The van der Waals surface area contributed by atoms with Crippen molar-refractivity contribution in [3.05, 3.63) is 0 Å². The molecule has 4 bridgehead atoms. The van der Waals surface area contributed by atoms with Crippen molar-refractivity contribution < 1.29 is 46.9 Å². The molecular weight excluding hydrogens is 580 g/mol. The van der Waals surface area contributed by atoms with Gasteiger partial charge in [0.05, 0.1) is 0 Å². The zero-order valence-corrected chi connectivity index (χ0v) is 26.9. The molecule has 10 rings (SSSR count). The maximum absolute atomic E-state index is 13.8. The van der Waals surface area contributed by atoms with E-state index >= 15 is 0 Å². The molecule has 0 aromatic carbocycles. The Morgan fingerprint density at radius 2 is 1.00 bits per heavy atom. The van der Waals surface area contributed by atoms with Gasteiger partial charge in [0.15, 0.2) is 23.8 Å². The van der Waals surface area contributed by atoms with Crippen LogP contribution < -0.4 is 9.44 Å². The summed E-state index contributed by atoms with van der Waals surface area (Å²) in [6.07, 6.45) is 3.92. The molecule has 11 unspecified atom stereocenters. The van der Waals surface area contributed by atoms with E-state index in [1.54, 1.807) is 0 Å². The first-order chi connectivity index (χ1) is 20.3. The lowest BCUT2D eigenvalue weighted by Gasteiger charge is -2.60. The van der Waals surface area contributed by atoms with E-state index in [0.717, 1.165) is 38.5 Å². The summed E-state index contributed by atoms with van der Waals surface area (Å²) in [4.78, 5) is 24.2. The van der Waals surface area contributed by atoms with Gasteiger partial charge in [-0.05, 0) is 76.0 Å². The normalized spacial score (nSPS) is 59.1. The van der Waals surface area contributed by atoms with Gasteiger partial charge < -0.3 is 18.9 Å². The minimum Gasteiger partial charge on any atom is -0.330 e. The maximum Gasteiger partial charge on any atom is 0.281 e. The second-order valence-corrected chi connectivity index (χ2v) is 16.9. The summed E-state index contributed by atoms with van der Waals surface area (Å²) in [6.45, 7) is 12.3. The third kappa shape index (κ3) is 4.26. The predicted octanol–water partition coefficient (Wildman–Crippen LogP) is 3.83. The number of ether oxygens (including phenoxy) is 4. The Balaban J connectivity index is 1.03. The standard InChI is InChI=1S/C30H48N2O10S/c1-15-7-9-21-17(3)23(35-25-29(21)19(15)11-13-27(5,37-25)39-41-29)31-43(33,34)32-24-18(4)22-10-8-16(2)20-12-14-28(6)38-26(36-24)30(20,22)42-40-28/h15-26,31-32H,7-14H2,1-6H3/t15?,16?,17-,18-,19?,20?,21?,22?,23-,24?,25?,26?,27?,28+,29-,30?/m1/s1. The second kappa shape index (κ2) is 9.79. The molecule has 16 atom stereocenters. The number of rotatable bonds is 4. The number of nitrogens with one attached hydrogen (secondary N) is 2. The van der Waals surface area contributed by atoms with Crippen molar-refractivity contribution in [2.24, 2.45) is 47.3 Å². The molecule has 10 aliphatic rings. The largest absolute Gasteiger partial charge is 0.330 e. The van der Waals surface area contributed by atoms with Gasteiger partial charge in [-0.15, -0.1) is 0 Å². The van der Waals surface area contributed by atoms with Crippen LogP contribution in [0.1, 0.15) is 92.9 Å². The summed E-state index contributed by atoms with van der Waals surface area (Å²) in [5.41, 5.74) is -1.53. The molecule has 8 aliphatic heterocycles. The first-order valence-electron chi connectivity index (χ1n) is 16.5. The van der Waals surface area contributed by atoms with Gasteiger partial charge in [-0.25, -0.2) is 19.6 Å². The maximum atomic E-state index is 13.8. The SMILES string of the molecule is CC1CCC2[C@@H](C)C(NS(=O)(=O)N[C@@H]3OC4OC5(C)CCC6C(C)CCC([C@H]3C)[C@@]46OO5)OC3O[C@]4(C)CCC1C32OO4. The monoisotopic (exact) mass is 628 g/mol. The van der Waals surface area contributed by atoms with Gasteiger partial charge in [0.25, 0.3) is 10.2 Å². The fourth-order valence-electron chi connectivity index (χ4n) is 10.4. The van der Waals surface area contributed by atoms with Crippen LogP contribution in [0, 0.1) is 47.3 Å². The zero-order valence-electron chi connectivity index (χ0n) is 26.1. The Hall–Kier alpha value is -0.450. The van der Waals surface area contributed by atoms with Crippen molar-refractivity contribution in [3.63, 3.8) is 0 Å². The van der Waals surface area contributed by atoms with Crippen LogP contribution in [0.5, 0.6) is 0 Å². The topological polar surface area (TPSA) is 132 Å². The van der Waals surface area contributed by atoms with Crippen molar-refractivity contribution in [2.45, 2.75) is 141 Å². The van der Waals surface area contributed by atoms with Crippen LogP contribution in [-0.2, 0) is 48.7 Å². The molecule has 0 radical (unpaired) electrons. The van der Waals surface area contributed by atoms with Crippen LogP contribution in [0.4, 0.5) is 0 Å². The van der Waals surface area contributed by atoms with E-state index in [-0.39, 0.29) is 35.5 Å². The molecule has 0 amide bonds. The highest BCUT2D eigenvalue weighted by Crippen LogP contribution is 2.62. The van der Waals surface area contributed by atoms with E-state index in [1.165, 1.54) is 0 Å². The molecular formula is C30H48N2O10S. The molecule has 2 aliphatic carbocycles. The van der Waals surface area contributed by atoms with E-state index < -0.39 is 58.0 Å². The van der Waals surface area contributed by atoms with Crippen molar-refractivity contribution >= 4 is 10.2 Å². The molecule has 2 N–H and O–H groups in total. The third-order valence-electron chi connectivity index (χ3n) is 12.9. The Labute approximate surface area is 254 Å². The molecule has 10 fully saturated rings. The number of hydrogen-bond donors (Lipinski definition) is 2. The zero-order chi connectivity index (χ0) is 30.2. The van der Waals surface area contributed by atoms with Crippen molar-refractivity contribution in [2.75, 3.05) is 0 Å². The highest BCUT2D eigenvalue weighted by Gasteiger charge is 2.71. The average molecular weight is 629 g/mol. The third-order valence-corrected chi connectivity index (χ3v) is 13.9. The van der Waals surface area contributed by atoms with Crippen molar-refractivity contribution in [1.29, 1.82) is 0 Å². The van der Waals surface area contributed by atoms with E-state index in [4.69, 9.17) is 38.5 Å². The Kier molecular flexibility index (Phi) is 6.81. The van der Waals surface area contributed by atoms with Gasteiger partial charge >= 0.3 is 0 Å². The Morgan fingerprint density at radius 1 is 0.581 bits per heavy atom. The van der Waals surface area contributed by atoms with Gasteiger partial charge in [0.1, 0.15) is 12.5 Å². The van der Waals surface area contributed by atoms with E-state index in [1.807, 2.05) is 27.7 Å². The fourth-order valence-corrected chi connectivity index (χ4v) is 11.6. The summed E-state index contributed by atoms with van der Waals surface area (Å²) < 4.78 is 59.1. The van der Waals surface area contributed by atoms with Gasteiger partial charge in [-0.1, -0.05) is 27.7 Å². The lowest BCUT2D eigenvalue weighted by atomic mass is 9.58. The summed E-state index contributed by atoms with van der Waals surface area (Å²) in [7, 11) is -4.08. The summed E-state index contributed by atoms with van der Waals surface area (Å²) >= 11 is 0. The minimum absolute atomic E-state index is 0.00139. The second-order valence-electron chi connectivity index (χ2n) is 15.4. The van der Waals surface area contributed by atoms with Crippen LogP contribution in [0.3, 0.4) is 0 Å². The van der Waals surface area contributed by atoms with Gasteiger partial charge in [-0.2, -0.15) is 17.9 Å². The molecule has 0 aromatic heterocycles. The highest BCUT2D eigenvalue weighted by atomic mass is 32.2. The lowest BCUT2D eigenvalue weighted by Crippen LogP contribution is -2.73. The molecule has 8 heterocycles. The average Bonchev–Trinajstić information content (AvgIpc) is 3.31. The lowest BCUT2D eigenvalue weighted by molar-refractivity contribution is -0.571. The quantitative estimate of drug-likeness (QED) is 0.443. The summed E-state index contributed by atoms with van der Waals surface area (Å²) in [5.74, 6) is -0.983. The van der Waals surface area contributed by atoms with E-state index in [0.29, 0.717) is 24.7 Å². The van der Waals surface area contributed by atoms with Gasteiger partial charge in [0, 0.05) is 36.5 Å². The van der Waals surface area contributed by atoms with E-state index in [2.05, 4.69) is 23.3 Å². The summed E-state index contributed by atoms with van der Waals surface area (Å²) in [5, 5.41) is 0. The molecule has 12 nitrogen and oxygen atoms in total. The molecule has 13 heteroatoms. The molecule has 2 saturated carbocycles. The van der Waals surface area contributed by atoms with Crippen LogP contribution in [0.25, 0.3) is 0 Å². The Bertz CT molecular complexity index is 1160. The van der Waals surface area contributed by atoms with Crippen molar-refractivity contribution in [3.8, 4) is 0 Å². The molecule has 43 heavy (non-hydrogen) atoms. The number of hydrogen-bond acceptors (Lipinski definition) is 10. The molecule has 244 valence electrons. The van der Waals surface area contributed by atoms with Gasteiger partial charge in [0.2, 0.25) is 11.6 Å². The predicted molar refractivity (Wildman–Crippen MR) is 149 cm³/mol. The first kappa shape index (κ1) is 29.9. The minimum atomic E-state index is -4.08. The fraction of sp³-hybridized carbons (Fsp3) is 1.00. The molecule has 0 aromatic rings. The smallest absolute Gasteiger partial charge is 0.281 e. The van der Waals surface area contributed by atoms with Gasteiger partial charge in [-0.3, -0.25) is 0 Å². The van der Waals surface area contributed by atoms with Crippen LogP contribution >= 0.6 is 0 Å². The number of fused-ring (bicyclic) bond motifs is 4. The molecule has 8 saturated heterocycles. The molecule has 2 spiro atoms. The Morgan fingerprint density at radius 3 is 1.42 bits per heavy atom. The van der Waals surface area contributed by atoms with Crippen LogP contribution in [0.2, 0.25) is 0 Å². The van der Waals surface area contributed by atoms with Crippen LogP contribution in [0.15, 0.2) is 0 Å². The van der Waals surface area contributed by atoms with E-state index in [9.17, 15) is 8.42 Å².